The molecule has 1 unspecified atom stereocenters. The average molecular weight is 458 g/mol. The van der Waals surface area contributed by atoms with Gasteiger partial charge in [-0.1, -0.05) is 25.5 Å². The summed E-state index contributed by atoms with van der Waals surface area (Å²) in [5.41, 5.74) is -0.0204. The van der Waals surface area contributed by atoms with E-state index in [0.29, 0.717) is 6.54 Å². The van der Waals surface area contributed by atoms with Crippen LogP contribution in [0.5, 0.6) is 0 Å². The number of amides is 1. The highest BCUT2D eigenvalue weighted by Gasteiger charge is 2.32. The largest absolute Gasteiger partial charge is 0.478 e. The number of hydrogen-bond donors (Lipinski definition) is 2. The van der Waals surface area contributed by atoms with E-state index in [4.69, 9.17) is 5.26 Å². The van der Waals surface area contributed by atoms with Crippen LogP contribution in [0, 0.1) is 11.3 Å². The van der Waals surface area contributed by atoms with Crippen molar-refractivity contribution in [2.24, 2.45) is 0 Å². The van der Waals surface area contributed by atoms with Gasteiger partial charge in [0.1, 0.15) is 0 Å². The number of carbonyl (C=O) groups excluding carboxylic acids is 1. The van der Waals surface area contributed by atoms with E-state index in [-0.39, 0.29) is 27.8 Å². The molecule has 0 aromatic heterocycles. The highest BCUT2D eigenvalue weighted by atomic mass is 32.2. The molecule has 1 aliphatic heterocycles. The smallest absolute Gasteiger partial charge is 0.337 e. The lowest BCUT2D eigenvalue weighted by Gasteiger charge is -2.34. The van der Waals surface area contributed by atoms with Crippen LogP contribution in [0.25, 0.3) is 0 Å². The number of allylic oxidation sites excluding steroid dienone is 4. The summed E-state index contributed by atoms with van der Waals surface area (Å²) in [7, 11) is -3.71. The van der Waals surface area contributed by atoms with Crippen LogP contribution in [0.3, 0.4) is 0 Å². The molecule has 1 aromatic rings. The number of sulfonamides is 1. The van der Waals surface area contributed by atoms with Crippen LogP contribution in [0.1, 0.15) is 55.5 Å². The zero-order valence-corrected chi connectivity index (χ0v) is 18.9. The van der Waals surface area contributed by atoms with Gasteiger partial charge in [0.05, 0.1) is 27.8 Å². The van der Waals surface area contributed by atoms with Gasteiger partial charge in [0, 0.05) is 18.7 Å². The minimum atomic E-state index is -3.71. The minimum absolute atomic E-state index is 0.0375. The van der Waals surface area contributed by atoms with Gasteiger partial charge in [-0.25, -0.2) is 13.2 Å². The molecule has 170 valence electrons. The Balaban J connectivity index is 2.23. The van der Waals surface area contributed by atoms with Gasteiger partial charge < -0.3 is 10.4 Å². The molecule has 1 fully saturated rings. The maximum atomic E-state index is 13.2. The van der Waals surface area contributed by atoms with Gasteiger partial charge in [0.25, 0.3) is 0 Å². The molecule has 1 atom stereocenters. The Morgan fingerprint density at radius 1 is 1.31 bits per heavy atom. The second kappa shape index (κ2) is 11.4. The minimum Gasteiger partial charge on any atom is -0.478 e. The molecule has 0 bridgehead atoms. The second-order valence-electron chi connectivity index (χ2n) is 7.27. The summed E-state index contributed by atoms with van der Waals surface area (Å²) in [6.07, 6.45) is 10.3. The molecule has 1 aliphatic rings. The summed E-state index contributed by atoms with van der Waals surface area (Å²) in [5, 5.41) is 20.7. The standard InChI is InChI=1S/C23H27N3O5S/c1-3-8-19(32(30,31)26-14-6-5-9-18(26)4-2)10-7-11-22(27)25-21-13-12-17(16-24)15-20(21)23(28)29/h3,7-8,10-13,15,18H,4-6,9,14H2,1-2H3,(H,25,27)(H,28,29)/b8-3-,11-7+,19-10+. The summed E-state index contributed by atoms with van der Waals surface area (Å²) in [4.78, 5) is 23.7. The molecule has 0 spiro atoms. The Labute approximate surface area is 188 Å². The van der Waals surface area contributed by atoms with Crippen molar-refractivity contribution in [3.8, 4) is 6.07 Å². The van der Waals surface area contributed by atoms with Crippen molar-refractivity contribution >= 4 is 27.6 Å². The number of piperidine rings is 1. The molecule has 0 radical (unpaired) electrons. The monoisotopic (exact) mass is 457 g/mol. The molecule has 9 heteroatoms. The molecule has 8 nitrogen and oxygen atoms in total. The third kappa shape index (κ3) is 6.15. The van der Waals surface area contributed by atoms with Gasteiger partial charge in [0.15, 0.2) is 0 Å². The quantitative estimate of drug-likeness (QED) is 0.451. The SMILES string of the molecule is C\C=C/C(=C\C=C\C(=O)Nc1ccc(C#N)cc1C(=O)O)S(=O)(=O)N1CCCCC1CC. The fourth-order valence-corrected chi connectivity index (χ4v) is 5.38. The first-order valence-electron chi connectivity index (χ1n) is 10.4. The number of nitriles is 1. The lowest BCUT2D eigenvalue weighted by atomic mass is 10.0. The van der Waals surface area contributed by atoms with Crippen molar-refractivity contribution in [1.29, 1.82) is 5.26 Å². The van der Waals surface area contributed by atoms with E-state index in [9.17, 15) is 23.1 Å². The van der Waals surface area contributed by atoms with Gasteiger partial charge in [-0.3, -0.25) is 4.79 Å². The highest BCUT2D eigenvalue weighted by molar-refractivity contribution is 7.93. The van der Waals surface area contributed by atoms with Crippen molar-refractivity contribution < 1.29 is 23.1 Å². The highest BCUT2D eigenvalue weighted by Crippen LogP contribution is 2.27. The molecule has 2 rings (SSSR count). The van der Waals surface area contributed by atoms with Crippen LogP contribution >= 0.6 is 0 Å². The molecule has 1 heterocycles. The van der Waals surface area contributed by atoms with E-state index in [1.165, 1.54) is 40.7 Å². The van der Waals surface area contributed by atoms with Gasteiger partial charge in [0.2, 0.25) is 15.9 Å². The summed E-state index contributed by atoms with van der Waals surface area (Å²) in [6, 6.07) is 5.70. The van der Waals surface area contributed by atoms with E-state index in [2.05, 4.69) is 5.32 Å². The average Bonchev–Trinajstić information content (AvgIpc) is 2.78. The van der Waals surface area contributed by atoms with Crippen LogP contribution in [-0.2, 0) is 14.8 Å². The Bertz CT molecular complexity index is 1100. The van der Waals surface area contributed by atoms with Crippen LogP contribution in [-0.4, -0.2) is 42.3 Å². The number of aromatic carboxylic acids is 1. The first-order chi connectivity index (χ1) is 15.2. The Morgan fingerprint density at radius 2 is 2.06 bits per heavy atom. The van der Waals surface area contributed by atoms with Crippen molar-refractivity contribution in [2.75, 3.05) is 11.9 Å². The summed E-state index contributed by atoms with van der Waals surface area (Å²) in [6.45, 7) is 4.15. The molecule has 2 N–H and O–H groups in total. The summed E-state index contributed by atoms with van der Waals surface area (Å²) >= 11 is 0. The van der Waals surface area contributed by atoms with Crippen LogP contribution in [0.2, 0.25) is 0 Å². The summed E-state index contributed by atoms with van der Waals surface area (Å²) in [5.74, 6) is -1.91. The molecule has 0 saturated carbocycles. The number of benzene rings is 1. The van der Waals surface area contributed by atoms with Crippen molar-refractivity contribution in [3.05, 3.63) is 64.6 Å². The van der Waals surface area contributed by atoms with E-state index >= 15 is 0 Å². The van der Waals surface area contributed by atoms with Crippen molar-refractivity contribution in [2.45, 2.75) is 45.6 Å². The fraction of sp³-hybridized carbons (Fsp3) is 0.348. The second-order valence-corrected chi connectivity index (χ2v) is 9.16. The third-order valence-corrected chi connectivity index (χ3v) is 7.09. The number of carbonyl (C=O) groups is 2. The molecule has 1 saturated heterocycles. The number of anilines is 1. The Kier molecular flexibility index (Phi) is 8.93. The van der Waals surface area contributed by atoms with Crippen molar-refractivity contribution in [3.63, 3.8) is 0 Å². The first kappa shape index (κ1) is 25.0. The van der Waals surface area contributed by atoms with Crippen LogP contribution < -0.4 is 5.32 Å². The van der Waals surface area contributed by atoms with Crippen LogP contribution in [0.15, 0.2) is 53.5 Å². The van der Waals surface area contributed by atoms with Crippen molar-refractivity contribution in [1.82, 2.24) is 4.31 Å². The molecule has 32 heavy (non-hydrogen) atoms. The first-order valence-corrected chi connectivity index (χ1v) is 11.8. The topological polar surface area (TPSA) is 128 Å². The predicted octanol–water partition coefficient (Wildman–Crippen LogP) is 3.81. The van der Waals surface area contributed by atoms with Gasteiger partial charge in [-0.05, 0) is 56.5 Å². The predicted molar refractivity (Wildman–Crippen MR) is 122 cm³/mol. The normalized spacial score (nSPS) is 18.0. The van der Waals surface area contributed by atoms with Gasteiger partial charge in [-0.15, -0.1) is 0 Å². The van der Waals surface area contributed by atoms with Gasteiger partial charge >= 0.3 is 5.97 Å². The maximum absolute atomic E-state index is 13.2. The van der Waals surface area contributed by atoms with E-state index in [1.54, 1.807) is 13.0 Å². The molecule has 0 aliphatic carbocycles. The van der Waals surface area contributed by atoms with Gasteiger partial charge in [-0.2, -0.15) is 9.57 Å². The molecular formula is C23H27N3O5S. The van der Waals surface area contributed by atoms with Crippen LogP contribution in [0.4, 0.5) is 5.69 Å². The number of rotatable bonds is 8. The van der Waals surface area contributed by atoms with E-state index < -0.39 is 21.9 Å². The lowest BCUT2D eigenvalue weighted by molar-refractivity contribution is -0.111. The number of carboxylic acid groups (broad SMARTS) is 1. The van der Waals surface area contributed by atoms with E-state index in [0.717, 1.165) is 31.8 Å². The van der Waals surface area contributed by atoms with E-state index in [1.807, 2.05) is 13.0 Å². The third-order valence-electron chi connectivity index (χ3n) is 5.13. The number of carboxylic acids is 1. The Hall–Kier alpha value is -3.22. The number of nitrogens with one attached hydrogen (secondary N) is 1. The molecular weight excluding hydrogens is 430 g/mol. The zero-order chi connectivity index (χ0) is 23.7. The number of hydrogen-bond acceptors (Lipinski definition) is 5. The number of nitrogens with zero attached hydrogens (tertiary/aromatic N) is 2. The molecule has 1 amide bonds. The maximum Gasteiger partial charge on any atom is 0.337 e. The molecule has 1 aromatic carbocycles. The Morgan fingerprint density at radius 3 is 2.69 bits per heavy atom. The summed E-state index contributed by atoms with van der Waals surface area (Å²) < 4.78 is 27.9. The fourth-order valence-electron chi connectivity index (χ4n) is 3.53. The zero-order valence-electron chi connectivity index (χ0n) is 18.1. The lowest BCUT2D eigenvalue weighted by Crippen LogP contribution is -2.43.